The van der Waals surface area contributed by atoms with Gasteiger partial charge in [0.2, 0.25) is 0 Å². The Morgan fingerprint density at radius 1 is 1.24 bits per heavy atom. The maximum Gasteiger partial charge on any atom is 0.145 e. The molecule has 0 fully saturated rings. The van der Waals surface area contributed by atoms with Crippen molar-refractivity contribution in [2.24, 2.45) is 4.40 Å². The Balaban J connectivity index is 2.38. The molecule has 17 heavy (non-hydrogen) atoms. The van der Waals surface area contributed by atoms with Crippen LogP contribution in [0.25, 0.3) is 0 Å². The minimum Gasteiger partial charge on any atom is -0.234 e. The average molecular weight is 249 g/mol. The van der Waals surface area contributed by atoms with Gasteiger partial charge in [0.05, 0.1) is 10.5 Å². The highest BCUT2D eigenvalue weighted by Crippen LogP contribution is 2.26. The lowest BCUT2D eigenvalue weighted by molar-refractivity contribution is 0.650. The number of rotatable bonds is 1. The summed E-state index contributed by atoms with van der Waals surface area (Å²) in [5.74, 6) is 0. The largest absolute Gasteiger partial charge is 0.234 e. The molecule has 0 amide bonds. The molecule has 3 heteroatoms. The summed E-state index contributed by atoms with van der Waals surface area (Å²) < 4.78 is 16.2. The van der Waals surface area contributed by atoms with E-state index in [1.54, 1.807) is 0 Å². The molecule has 0 saturated heterocycles. The molecule has 0 aliphatic heterocycles. The van der Waals surface area contributed by atoms with E-state index in [9.17, 15) is 4.21 Å². The first-order chi connectivity index (χ1) is 7.89. The molecule has 92 valence electrons. The van der Waals surface area contributed by atoms with Gasteiger partial charge < -0.3 is 0 Å². The fourth-order valence-electron chi connectivity index (χ4n) is 2.01. The molecule has 0 heterocycles. The molecule has 0 aromatic heterocycles. The molecule has 0 unspecified atom stereocenters. The van der Waals surface area contributed by atoms with Crippen LogP contribution in [0.3, 0.4) is 0 Å². The second-order valence-electron chi connectivity index (χ2n) is 5.50. The van der Waals surface area contributed by atoms with Gasteiger partial charge in [0.1, 0.15) is 11.0 Å². The molecule has 1 atom stereocenters. The maximum atomic E-state index is 12.0. The van der Waals surface area contributed by atoms with Gasteiger partial charge in [-0.05, 0) is 51.7 Å². The molecule has 2 nitrogen and oxygen atoms in total. The minimum atomic E-state index is -1.15. The number of hydrogen-bond donors (Lipinski definition) is 0. The summed E-state index contributed by atoms with van der Waals surface area (Å²) in [7, 11) is -1.15. The second-order valence-corrected chi connectivity index (χ2v) is 7.41. The number of hydrogen-bond acceptors (Lipinski definition) is 1. The minimum absolute atomic E-state index is 0.278. The van der Waals surface area contributed by atoms with E-state index in [2.05, 4.69) is 29.5 Å². The first-order valence-corrected chi connectivity index (χ1v) is 7.08. The first kappa shape index (κ1) is 12.5. The summed E-state index contributed by atoms with van der Waals surface area (Å²) in [4.78, 5) is 0. The Hall–Kier alpha value is -0.960. The number of aryl methyl sites for hydroxylation is 1. The van der Waals surface area contributed by atoms with Crippen LogP contribution in [0, 0.1) is 6.92 Å². The molecule has 1 aliphatic rings. The van der Waals surface area contributed by atoms with E-state index < -0.39 is 11.0 Å². The van der Waals surface area contributed by atoms with Crippen molar-refractivity contribution in [2.75, 3.05) is 0 Å². The van der Waals surface area contributed by atoms with Crippen LogP contribution in [0.4, 0.5) is 0 Å². The second kappa shape index (κ2) is 4.37. The Morgan fingerprint density at radius 3 is 2.59 bits per heavy atom. The van der Waals surface area contributed by atoms with Crippen molar-refractivity contribution in [3.8, 4) is 0 Å². The summed E-state index contributed by atoms with van der Waals surface area (Å²) in [5, 5.41) is 0. The lowest BCUT2D eigenvalue weighted by Crippen LogP contribution is -2.20. The zero-order chi connectivity index (χ0) is 12.6. The standard InChI is InChI=1S/C14H19NOS/c1-10-6-5-7-12-11(10)8-9-13(12)15-17(16)14(2,3)4/h5-7H,8-9H2,1-4H3/t17-/m0/s1. The molecule has 1 aromatic carbocycles. The van der Waals surface area contributed by atoms with Crippen LogP contribution in [-0.4, -0.2) is 14.7 Å². The van der Waals surface area contributed by atoms with E-state index in [4.69, 9.17) is 0 Å². The van der Waals surface area contributed by atoms with Gasteiger partial charge in [0.15, 0.2) is 0 Å². The van der Waals surface area contributed by atoms with E-state index in [-0.39, 0.29) is 4.75 Å². The van der Waals surface area contributed by atoms with Gasteiger partial charge in [-0.1, -0.05) is 18.2 Å². The zero-order valence-electron chi connectivity index (χ0n) is 10.9. The molecule has 0 radical (unpaired) electrons. The van der Waals surface area contributed by atoms with Crippen LogP contribution < -0.4 is 0 Å². The van der Waals surface area contributed by atoms with E-state index in [1.165, 1.54) is 16.7 Å². The van der Waals surface area contributed by atoms with Crippen LogP contribution in [0.1, 0.15) is 43.9 Å². The van der Waals surface area contributed by atoms with Gasteiger partial charge >= 0.3 is 0 Å². The van der Waals surface area contributed by atoms with Gasteiger partial charge in [0, 0.05) is 5.56 Å². The fourth-order valence-corrected chi connectivity index (χ4v) is 2.68. The zero-order valence-corrected chi connectivity index (χ0v) is 11.7. The first-order valence-electron chi connectivity index (χ1n) is 5.98. The average Bonchev–Trinajstić information content (AvgIpc) is 2.62. The lowest BCUT2D eigenvalue weighted by atomic mass is 10.0. The SMILES string of the molecule is Cc1cccc2c1CCC2=N[S@@](=O)C(C)(C)C. The van der Waals surface area contributed by atoms with Gasteiger partial charge in [-0.3, -0.25) is 0 Å². The van der Waals surface area contributed by atoms with Crippen molar-refractivity contribution in [3.05, 3.63) is 34.9 Å². The van der Waals surface area contributed by atoms with E-state index in [1.807, 2.05) is 20.8 Å². The lowest BCUT2D eigenvalue weighted by Gasteiger charge is -2.14. The molecule has 1 aliphatic carbocycles. The van der Waals surface area contributed by atoms with Crippen LogP contribution in [-0.2, 0) is 17.4 Å². The van der Waals surface area contributed by atoms with Gasteiger partial charge in [-0.25, -0.2) is 4.21 Å². The maximum absolute atomic E-state index is 12.0. The number of nitrogens with zero attached hydrogens (tertiary/aromatic N) is 1. The van der Waals surface area contributed by atoms with Crippen molar-refractivity contribution < 1.29 is 4.21 Å². The van der Waals surface area contributed by atoms with Crippen LogP contribution >= 0.6 is 0 Å². The highest BCUT2D eigenvalue weighted by atomic mass is 32.2. The van der Waals surface area contributed by atoms with Crippen LogP contribution in [0.15, 0.2) is 22.6 Å². The van der Waals surface area contributed by atoms with Crippen LogP contribution in [0.5, 0.6) is 0 Å². The fraction of sp³-hybridized carbons (Fsp3) is 0.500. The molecule has 1 aromatic rings. The van der Waals surface area contributed by atoms with E-state index >= 15 is 0 Å². The molecule has 0 saturated carbocycles. The number of fused-ring (bicyclic) bond motifs is 1. The normalized spacial score (nSPS) is 19.4. The Labute approximate surface area is 106 Å². The Bertz CT molecular complexity index is 497. The highest BCUT2D eigenvalue weighted by Gasteiger charge is 2.23. The Morgan fingerprint density at radius 2 is 1.94 bits per heavy atom. The molecule has 0 bridgehead atoms. The molecule has 0 N–H and O–H groups in total. The predicted octanol–water partition coefficient (Wildman–Crippen LogP) is 3.19. The monoisotopic (exact) mass is 249 g/mol. The summed E-state index contributed by atoms with van der Waals surface area (Å²) in [6, 6.07) is 6.27. The molecule has 2 rings (SSSR count). The van der Waals surface area contributed by atoms with E-state index in [0.717, 1.165) is 18.6 Å². The van der Waals surface area contributed by atoms with Crippen molar-refractivity contribution in [1.82, 2.24) is 0 Å². The van der Waals surface area contributed by atoms with Gasteiger partial charge in [-0.2, -0.15) is 4.40 Å². The van der Waals surface area contributed by atoms with Crippen LogP contribution in [0.2, 0.25) is 0 Å². The smallest absolute Gasteiger partial charge is 0.145 e. The molecule has 0 spiro atoms. The third kappa shape index (κ3) is 2.49. The van der Waals surface area contributed by atoms with Crippen molar-refractivity contribution >= 4 is 16.7 Å². The predicted molar refractivity (Wildman–Crippen MR) is 73.9 cm³/mol. The van der Waals surface area contributed by atoms with Crippen molar-refractivity contribution in [1.29, 1.82) is 0 Å². The summed E-state index contributed by atoms with van der Waals surface area (Å²) in [6.07, 6.45) is 1.95. The topological polar surface area (TPSA) is 29.4 Å². The van der Waals surface area contributed by atoms with Gasteiger partial charge in [-0.15, -0.1) is 0 Å². The summed E-state index contributed by atoms with van der Waals surface area (Å²) in [5.41, 5.74) is 4.89. The number of benzene rings is 1. The summed E-state index contributed by atoms with van der Waals surface area (Å²) >= 11 is 0. The molecular weight excluding hydrogens is 230 g/mol. The third-order valence-electron chi connectivity index (χ3n) is 3.05. The van der Waals surface area contributed by atoms with Crippen molar-refractivity contribution in [2.45, 2.75) is 45.3 Å². The van der Waals surface area contributed by atoms with Crippen molar-refractivity contribution in [3.63, 3.8) is 0 Å². The quantitative estimate of drug-likeness (QED) is 0.751. The Kier molecular flexibility index (Phi) is 3.21. The van der Waals surface area contributed by atoms with E-state index in [0.29, 0.717) is 0 Å². The summed E-state index contributed by atoms with van der Waals surface area (Å²) in [6.45, 7) is 8.00. The highest BCUT2D eigenvalue weighted by molar-refractivity contribution is 7.85. The third-order valence-corrected chi connectivity index (χ3v) is 4.48. The molecular formula is C14H19NOS. The van der Waals surface area contributed by atoms with Gasteiger partial charge in [0.25, 0.3) is 0 Å².